The van der Waals surface area contributed by atoms with Crippen LogP contribution < -0.4 is 5.32 Å². The number of amides is 2. The van der Waals surface area contributed by atoms with E-state index in [2.05, 4.69) is 31.3 Å². The van der Waals surface area contributed by atoms with Gasteiger partial charge < -0.3 is 9.80 Å². The zero-order chi connectivity index (χ0) is 17.8. The van der Waals surface area contributed by atoms with Gasteiger partial charge in [-0.1, -0.05) is 26.0 Å². The van der Waals surface area contributed by atoms with Crippen LogP contribution in [0.15, 0.2) is 24.3 Å². The molecule has 1 aromatic carbocycles. The maximum Gasteiger partial charge on any atom is 0.253 e. The minimum atomic E-state index is -0.0552. The molecule has 0 saturated carbocycles. The molecule has 25 heavy (non-hydrogen) atoms. The molecule has 2 unspecified atom stereocenters. The number of nitrogens with zero attached hydrogens (tertiary/aromatic N) is 2. The van der Waals surface area contributed by atoms with Crippen LogP contribution in [0.2, 0.25) is 0 Å². The van der Waals surface area contributed by atoms with E-state index in [0.29, 0.717) is 32.1 Å². The molecule has 2 saturated heterocycles. The fraction of sp³-hybridized carbons (Fsp3) is 0.579. The van der Waals surface area contributed by atoms with E-state index in [4.69, 9.17) is 0 Å². The molecule has 2 fully saturated rings. The molecular formula is C19H27N3O2S. The number of piperazine rings is 1. The molecule has 5 nitrogen and oxygen atoms in total. The lowest BCUT2D eigenvalue weighted by Crippen LogP contribution is -2.54. The summed E-state index contributed by atoms with van der Waals surface area (Å²) in [5.74, 6) is 2.45. The second kappa shape index (κ2) is 8.23. The second-order valence-corrected chi connectivity index (χ2v) is 7.85. The number of thioether (sulfide) groups is 1. The molecule has 136 valence electrons. The van der Waals surface area contributed by atoms with Gasteiger partial charge in [-0.25, -0.2) is 0 Å². The molecule has 3 rings (SSSR count). The summed E-state index contributed by atoms with van der Waals surface area (Å²) >= 11 is 1.76. The number of benzene rings is 1. The maximum absolute atomic E-state index is 12.7. The van der Waals surface area contributed by atoms with Crippen molar-refractivity contribution >= 4 is 23.6 Å². The normalized spacial score (nSPS) is 22.1. The van der Waals surface area contributed by atoms with Crippen LogP contribution in [0.25, 0.3) is 0 Å². The van der Waals surface area contributed by atoms with Gasteiger partial charge in [0.1, 0.15) is 0 Å². The van der Waals surface area contributed by atoms with Gasteiger partial charge >= 0.3 is 0 Å². The second-order valence-electron chi connectivity index (χ2n) is 6.82. The van der Waals surface area contributed by atoms with Crippen LogP contribution >= 0.6 is 11.8 Å². The van der Waals surface area contributed by atoms with Gasteiger partial charge in [-0.05, 0) is 30.0 Å². The highest BCUT2D eigenvalue weighted by Crippen LogP contribution is 2.20. The first-order valence-electron chi connectivity index (χ1n) is 9.09. The molecule has 0 aliphatic carbocycles. The molecule has 2 amide bonds. The van der Waals surface area contributed by atoms with Gasteiger partial charge in [0.25, 0.3) is 5.91 Å². The van der Waals surface area contributed by atoms with Crippen LogP contribution in [0, 0.1) is 0 Å². The molecule has 2 heterocycles. The molecule has 1 aromatic rings. The maximum atomic E-state index is 12.7. The average molecular weight is 362 g/mol. The van der Waals surface area contributed by atoms with Gasteiger partial charge in [0.2, 0.25) is 5.91 Å². The minimum Gasteiger partial charge on any atom is -0.338 e. The predicted molar refractivity (Wildman–Crippen MR) is 102 cm³/mol. The summed E-state index contributed by atoms with van der Waals surface area (Å²) in [5.41, 5.74) is 2.01. The quantitative estimate of drug-likeness (QED) is 0.893. The topological polar surface area (TPSA) is 52.7 Å². The zero-order valence-corrected chi connectivity index (χ0v) is 15.8. The Bertz CT molecular complexity index is 606. The lowest BCUT2D eigenvalue weighted by atomic mass is 9.97. The molecule has 1 N–H and O–H groups in total. The highest BCUT2D eigenvalue weighted by atomic mass is 32.2. The Morgan fingerprint density at radius 2 is 1.80 bits per heavy atom. The van der Waals surface area contributed by atoms with Crippen molar-refractivity contribution in [3.8, 4) is 0 Å². The smallest absolute Gasteiger partial charge is 0.253 e. The summed E-state index contributed by atoms with van der Waals surface area (Å²) in [7, 11) is 0. The van der Waals surface area contributed by atoms with Gasteiger partial charge in [-0.15, -0.1) is 11.8 Å². The Labute approximate surface area is 154 Å². The van der Waals surface area contributed by atoms with Crippen molar-refractivity contribution in [1.82, 2.24) is 15.1 Å². The average Bonchev–Trinajstić information content (AvgIpc) is 3.21. The highest BCUT2D eigenvalue weighted by molar-refractivity contribution is 7.99. The van der Waals surface area contributed by atoms with Crippen molar-refractivity contribution in [3.05, 3.63) is 35.4 Å². The first-order chi connectivity index (χ1) is 12.1. The van der Waals surface area contributed by atoms with Crippen LogP contribution in [-0.4, -0.2) is 65.5 Å². The van der Waals surface area contributed by atoms with E-state index in [-0.39, 0.29) is 17.9 Å². The lowest BCUT2D eigenvalue weighted by molar-refractivity contribution is -0.134. The Balaban J connectivity index is 1.55. The van der Waals surface area contributed by atoms with Crippen LogP contribution in [0.3, 0.4) is 0 Å². The van der Waals surface area contributed by atoms with Crippen LogP contribution in [0.4, 0.5) is 0 Å². The predicted octanol–water partition coefficient (Wildman–Crippen LogP) is 2.15. The third-order valence-electron chi connectivity index (χ3n) is 5.23. The molecule has 2 aliphatic rings. The van der Waals surface area contributed by atoms with Crippen molar-refractivity contribution < 1.29 is 9.59 Å². The Kier molecular flexibility index (Phi) is 6.02. The van der Waals surface area contributed by atoms with Crippen molar-refractivity contribution in [2.75, 3.05) is 37.8 Å². The van der Waals surface area contributed by atoms with Crippen molar-refractivity contribution in [3.63, 3.8) is 0 Å². The van der Waals surface area contributed by atoms with E-state index in [0.717, 1.165) is 23.6 Å². The van der Waals surface area contributed by atoms with E-state index < -0.39 is 0 Å². The Morgan fingerprint density at radius 1 is 1.16 bits per heavy atom. The summed E-state index contributed by atoms with van der Waals surface area (Å²) in [4.78, 5) is 28.9. The SMILES string of the molecule is CCC(C)c1ccc(C(=O)N2CCN(C(=O)C3CSCN3)CC2)cc1. The minimum absolute atomic E-state index is 0.0552. The van der Waals surface area contributed by atoms with Crippen molar-refractivity contribution in [2.45, 2.75) is 32.2 Å². The first-order valence-corrected chi connectivity index (χ1v) is 10.2. The number of rotatable bonds is 4. The van der Waals surface area contributed by atoms with Crippen LogP contribution in [-0.2, 0) is 4.79 Å². The third-order valence-corrected chi connectivity index (χ3v) is 6.17. The van der Waals surface area contributed by atoms with E-state index >= 15 is 0 Å². The molecular weight excluding hydrogens is 334 g/mol. The molecule has 2 atom stereocenters. The number of hydrogen-bond donors (Lipinski definition) is 1. The highest BCUT2D eigenvalue weighted by Gasteiger charge is 2.30. The number of nitrogens with one attached hydrogen (secondary N) is 1. The standard InChI is InChI=1S/C19H27N3O2S/c1-3-14(2)15-4-6-16(7-5-15)18(23)21-8-10-22(11-9-21)19(24)17-12-25-13-20-17/h4-7,14,17,20H,3,8-13H2,1-2H3. The Hall–Kier alpha value is -1.53. The lowest BCUT2D eigenvalue weighted by Gasteiger charge is -2.36. The molecule has 0 bridgehead atoms. The van der Waals surface area contributed by atoms with Gasteiger partial charge in [0.15, 0.2) is 0 Å². The van der Waals surface area contributed by atoms with Gasteiger partial charge in [0, 0.05) is 43.4 Å². The zero-order valence-electron chi connectivity index (χ0n) is 15.0. The summed E-state index contributed by atoms with van der Waals surface area (Å²) in [6, 6.07) is 7.93. The number of carbonyl (C=O) groups excluding carboxylic acids is 2. The van der Waals surface area contributed by atoms with Gasteiger partial charge in [0.05, 0.1) is 6.04 Å². The Morgan fingerprint density at radius 3 is 2.36 bits per heavy atom. The number of hydrogen-bond acceptors (Lipinski definition) is 4. The van der Waals surface area contributed by atoms with Gasteiger partial charge in [-0.3, -0.25) is 14.9 Å². The molecule has 2 aliphatic heterocycles. The summed E-state index contributed by atoms with van der Waals surface area (Å²) in [5, 5.41) is 3.22. The van der Waals surface area contributed by atoms with E-state index in [1.54, 1.807) is 11.8 Å². The summed E-state index contributed by atoms with van der Waals surface area (Å²) < 4.78 is 0. The first kappa shape index (κ1) is 18.3. The molecule has 0 radical (unpaired) electrons. The van der Waals surface area contributed by atoms with E-state index in [1.807, 2.05) is 21.9 Å². The fourth-order valence-electron chi connectivity index (χ4n) is 3.28. The van der Waals surface area contributed by atoms with Crippen LogP contribution in [0.5, 0.6) is 0 Å². The largest absolute Gasteiger partial charge is 0.338 e. The summed E-state index contributed by atoms with van der Waals surface area (Å²) in [6.07, 6.45) is 1.09. The van der Waals surface area contributed by atoms with Gasteiger partial charge in [-0.2, -0.15) is 0 Å². The van der Waals surface area contributed by atoms with Crippen molar-refractivity contribution in [1.29, 1.82) is 0 Å². The number of carbonyl (C=O) groups is 2. The molecule has 0 spiro atoms. The van der Waals surface area contributed by atoms with Crippen molar-refractivity contribution in [2.24, 2.45) is 0 Å². The monoisotopic (exact) mass is 361 g/mol. The molecule has 6 heteroatoms. The third kappa shape index (κ3) is 4.18. The summed E-state index contributed by atoms with van der Waals surface area (Å²) in [6.45, 7) is 6.83. The van der Waals surface area contributed by atoms with E-state index in [9.17, 15) is 9.59 Å². The fourth-order valence-corrected chi connectivity index (χ4v) is 4.21. The van der Waals surface area contributed by atoms with E-state index in [1.165, 1.54) is 5.56 Å². The van der Waals surface area contributed by atoms with Crippen LogP contribution in [0.1, 0.15) is 42.1 Å². The molecule has 0 aromatic heterocycles.